The third kappa shape index (κ3) is 2.70. The van der Waals surface area contributed by atoms with Crippen LogP contribution in [0.5, 0.6) is 0 Å². The van der Waals surface area contributed by atoms with Gasteiger partial charge in [-0.3, -0.25) is 14.4 Å². The first-order valence-electron chi connectivity index (χ1n) is 8.99. The second-order valence-electron chi connectivity index (χ2n) is 7.03. The number of fused-ring (bicyclic) bond motifs is 2. The van der Waals surface area contributed by atoms with Crippen LogP contribution in [0.1, 0.15) is 33.4 Å². The number of amides is 1. The zero-order valence-corrected chi connectivity index (χ0v) is 18.2. The zero-order chi connectivity index (χ0) is 21.2. The van der Waals surface area contributed by atoms with Crippen LogP contribution in [0.4, 0.5) is 14.0 Å². The van der Waals surface area contributed by atoms with Crippen LogP contribution in [-0.2, 0) is 7.05 Å². The molecule has 0 saturated carbocycles. The maximum Gasteiger partial charge on any atom is 0.277 e. The molecule has 2 aromatic carbocycles. The van der Waals surface area contributed by atoms with Crippen LogP contribution >= 0.6 is 28.3 Å². The third-order valence-electron chi connectivity index (χ3n) is 5.33. The minimum atomic E-state index is -0.693. The van der Waals surface area contributed by atoms with Gasteiger partial charge in [-0.25, -0.2) is 13.3 Å². The van der Waals surface area contributed by atoms with Crippen molar-refractivity contribution in [3.8, 4) is 0 Å². The first kappa shape index (κ1) is 19.3. The Morgan fingerprint density at radius 2 is 2.00 bits per heavy atom. The average molecular weight is 490 g/mol. The van der Waals surface area contributed by atoms with Gasteiger partial charge in [-0.1, -0.05) is 22.0 Å². The number of halogens is 3. The summed E-state index contributed by atoms with van der Waals surface area (Å²) in [7, 11) is 1.69. The summed E-state index contributed by atoms with van der Waals surface area (Å²) in [6, 6.07) is 9.22. The van der Waals surface area contributed by atoms with E-state index in [2.05, 4.69) is 26.0 Å². The number of hydrogen-bond acceptors (Lipinski definition) is 4. The molecule has 1 aliphatic heterocycles. The first-order valence-corrected chi connectivity index (χ1v) is 10.5. The predicted molar refractivity (Wildman–Crippen MR) is 115 cm³/mol. The lowest BCUT2D eigenvalue weighted by molar-refractivity contribution is 0.0984. The smallest absolute Gasteiger partial charge is 0.277 e. The Kier molecular flexibility index (Phi) is 4.44. The van der Waals surface area contributed by atoms with Crippen LogP contribution in [0.25, 0.3) is 11.0 Å². The van der Waals surface area contributed by atoms with Gasteiger partial charge in [0.05, 0.1) is 22.8 Å². The molecular formula is C20H14BrF2N5OS. The summed E-state index contributed by atoms with van der Waals surface area (Å²) in [5, 5.41) is 4.37. The molecule has 30 heavy (non-hydrogen) atoms. The lowest BCUT2D eigenvalue weighted by Gasteiger charge is -2.27. The van der Waals surface area contributed by atoms with Gasteiger partial charge in [-0.15, -0.1) is 3.89 Å². The van der Waals surface area contributed by atoms with Crippen molar-refractivity contribution >= 4 is 50.9 Å². The van der Waals surface area contributed by atoms with Crippen molar-refractivity contribution in [2.75, 3.05) is 4.90 Å². The highest BCUT2D eigenvalue weighted by Gasteiger charge is 2.44. The van der Waals surface area contributed by atoms with E-state index in [1.165, 1.54) is 25.9 Å². The van der Waals surface area contributed by atoms with E-state index in [1.54, 1.807) is 44.3 Å². The highest BCUT2D eigenvalue weighted by molar-refractivity contribution is 9.10. The van der Waals surface area contributed by atoms with Crippen LogP contribution < -0.4 is 4.90 Å². The van der Waals surface area contributed by atoms with Crippen molar-refractivity contribution in [2.45, 2.75) is 13.0 Å². The predicted octanol–water partition coefficient (Wildman–Crippen LogP) is 5.11. The van der Waals surface area contributed by atoms with Gasteiger partial charge in [-0.2, -0.15) is 5.10 Å². The van der Waals surface area contributed by atoms with E-state index in [9.17, 15) is 8.68 Å². The number of carbonyl (C=O) groups excluding carboxylic acids is 1. The summed E-state index contributed by atoms with van der Waals surface area (Å²) in [6.45, 7) is 1.80. The van der Waals surface area contributed by atoms with Crippen molar-refractivity contribution in [3.63, 3.8) is 0 Å². The quantitative estimate of drug-likeness (QED) is 0.401. The molecule has 0 radical (unpaired) electrons. The van der Waals surface area contributed by atoms with Crippen molar-refractivity contribution in [3.05, 3.63) is 75.5 Å². The second-order valence-corrected chi connectivity index (χ2v) is 8.47. The summed E-state index contributed by atoms with van der Waals surface area (Å²) in [4.78, 5) is 19.1. The molecule has 0 saturated heterocycles. The minimum absolute atomic E-state index is 0.0235. The molecule has 1 unspecified atom stereocenters. The van der Waals surface area contributed by atoms with Crippen molar-refractivity contribution in [2.24, 2.45) is 7.05 Å². The molecule has 1 amide bonds. The SMILES string of the molecule is Cc1nn(C)c2c1C(c1ccc(Br)cc1F)N(c1ccc3ncn(SF)c3c1)C2=O. The number of aromatic nitrogens is 4. The minimum Gasteiger partial charge on any atom is -0.295 e. The molecule has 10 heteroatoms. The monoisotopic (exact) mass is 489 g/mol. The molecule has 0 bridgehead atoms. The van der Waals surface area contributed by atoms with E-state index in [0.717, 1.165) is 0 Å². The Morgan fingerprint density at radius 1 is 1.20 bits per heavy atom. The van der Waals surface area contributed by atoms with Gasteiger partial charge in [-0.05, 0) is 37.3 Å². The number of aryl methyl sites for hydroxylation is 2. The lowest BCUT2D eigenvalue weighted by atomic mass is 9.98. The number of benzene rings is 2. The molecule has 3 heterocycles. The van der Waals surface area contributed by atoms with E-state index in [4.69, 9.17) is 0 Å². The van der Waals surface area contributed by atoms with Gasteiger partial charge in [0.25, 0.3) is 5.91 Å². The summed E-state index contributed by atoms with van der Waals surface area (Å²) >= 11 is 3.30. The Morgan fingerprint density at radius 3 is 2.73 bits per heavy atom. The van der Waals surface area contributed by atoms with Crippen LogP contribution in [0.3, 0.4) is 0 Å². The van der Waals surface area contributed by atoms with E-state index in [-0.39, 0.29) is 18.2 Å². The fourth-order valence-corrected chi connectivity index (χ4v) is 4.72. The summed E-state index contributed by atoms with van der Waals surface area (Å²) < 4.78 is 31.7. The zero-order valence-electron chi connectivity index (χ0n) is 15.8. The molecule has 152 valence electrons. The topological polar surface area (TPSA) is 56.0 Å². The molecule has 0 aliphatic carbocycles. The highest BCUT2D eigenvalue weighted by Crippen LogP contribution is 2.44. The third-order valence-corrected chi connectivity index (χ3v) is 6.26. The van der Waals surface area contributed by atoms with Gasteiger partial charge in [0.1, 0.15) is 17.8 Å². The Labute approximate surface area is 183 Å². The average Bonchev–Trinajstić information content (AvgIpc) is 3.34. The Balaban J connectivity index is 1.75. The van der Waals surface area contributed by atoms with Crippen LogP contribution in [-0.4, -0.2) is 24.6 Å². The number of hydrogen-bond donors (Lipinski definition) is 0. The number of imidazole rings is 1. The molecule has 1 aliphatic rings. The standard InChI is InChI=1S/C20H14BrF2N5OS/c1-10-17-18(13-5-3-11(21)7-14(13)22)28(20(29)19(17)26(2)25-10)12-4-6-15-16(8-12)27(30-23)9-24-15/h3-9,18H,1-2H3. The van der Waals surface area contributed by atoms with Gasteiger partial charge in [0, 0.05) is 28.3 Å². The second kappa shape index (κ2) is 6.92. The van der Waals surface area contributed by atoms with Gasteiger partial charge < -0.3 is 0 Å². The molecular weight excluding hydrogens is 476 g/mol. The molecule has 6 nitrogen and oxygen atoms in total. The van der Waals surface area contributed by atoms with E-state index < -0.39 is 11.9 Å². The van der Waals surface area contributed by atoms with Crippen LogP contribution in [0, 0.1) is 12.7 Å². The van der Waals surface area contributed by atoms with Crippen molar-refractivity contribution in [1.29, 1.82) is 0 Å². The summed E-state index contributed by atoms with van der Waals surface area (Å²) in [5.74, 6) is -0.729. The molecule has 2 aromatic heterocycles. The fraction of sp³-hybridized carbons (Fsp3) is 0.150. The van der Waals surface area contributed by atoms with Gasteiger partial charge in [0.2, 0.25) is 0 Å². The molecule has 1 atom stereocenters. The first-order chi connectivity index (χ1) is 14.4. The van der Waals surface area contributed by atoms with Gasteiger partial charge in [0.15, 0.2) is 12.3 Å². The Hall–Kier alpha value is -2.72. The number of carbonyl (C=O) groups is 1. The number of anilines is 1. The maximum atomic E-state index is 15.0. The summed E-state index contributed by atoms with van der Waals surface area (Å²) in [6.07, 6.45) is 1.37. The van der Waals surface area contributed by atoms with Crippen LogP contribution in [0.2, 0.25) is 0 Å². The summed E-state index contributed by atoms with van der Waals surface area (Å²) in [5.41, 5.74) is 3.72. The largest absolute Gasteiger partial charge is 0.295 e. The number of rotatable bonds is 3. The fourth-order valence-electron chi connectivity index (χ4n) is 4.08. The molecule has 0 spiro atoms. The van der Waals surface area contributed by atoms with Crippen molar-refractivity contribution < 1.29 is 13.1 Å². The highest BCUT2D eigenvalue weighted by atomic mass is 79.9. The van der Waals surface area contributed by atoms with Gasteiger partial charge >= 0.3 is 0 Å². The van der Waals surface area contributed by atoms with E-state index in [0.29, 0.717) is 43.7 Å². The number of nitrogens with zero attached hydrogens (tertiary/aromatic N) is 5. The Bertz CT molecular complexity index is 1330. The van der Waals surface area contributed by atoms with E-state index in [1.807, 2.05) is 0 Å². The molecule has 0 N–H and O–H groups in total. The molecule has 5 rings (SSSR count). The molecule has 4 aromatic rings. The van der Waals surface area contributed by atoms with Crippen LogP contribution in [0.15, 0.2) is 47.2 Å². The molecule has 0 fully saturated rings. The normalized spacial score (nSPS) is 16.0. The van der Waals surface area contributed by atoms with Crippen molar-refractivity contribution in [1.82, 2.24) is 18.7 Å². The maximum absolute atomic E-state index is 15.0. The lowest BCUT2D eigenvalue weighted by Crippen LogP contribution is -2.30. The van der Waals surface area contributed by atoms with E-state index >= 15 is 4.39 Å².